The molecule has 1 rings (SSSR count). The second-order valence-corrected chi connectivity index (χ2v) is 6.00. The van der Waals surface area contributed by atoms with Crippen molar-refractivity contribution in [3.05, 3.63) is 17.0 Å². The highest BCUT2D eigenvalue weighted by atomic mass is 35.5. The predicted molar refractivity (Wildman–Crippen MR) is 79.2 cm³/mol. The standard InChI is InChI=1S/C13H24N4O.ClH/c1-8-10(9(2)17-16-8)7-15-12(18)11(14)6-13(3,4)5;/h11H,6-7,14H2,1-5H3,(H,15,18)(H,16,17);1H/t11-;/m1./s1. The number of carbonyl (C=O) groups excluding carboxylic acids is 1. The van der Waals surface area contributed by atoms with Crippen molar-refractivity contribution in [1.29, 1.82) is 0 Å². The topological polar surface area (TPSA) is 83.8 Å². The first kappa shape index (κ1) is 17.9. The fourth-order valence-electron chi connectivity index (χ4n) is 1.89. The molecule has 5 nitrogen and oxygen atoms in total. The van der Waals surface area contributed by atoms with E-state index in [1.54, 1.807) is 0 Å². The average molecular weight is 289 g/mol. The maximum absolute atomic E-state index is 11.9. The molecule has 0 bridgehead atoms. The third-order valence-electron chi connectivity index (χ3n) is 2.89. The van der Waals surface area contributed by atoms with Gasteiger partial charge in [0.05, 0.1) is 11.7 Å². The minimum Gasteiger partial charge on any atom is -0.351 e. The van der Waals surface area contributed by atoms with Gasteiger partial charge in [0.2, 0.25) is 5.91 Å². The van der Waals surface area contributed by atoms with Crippen molar-refractivity contribution in [3.8, 4) is 0 Å². The molecule has 1 atom stereocenters. The number of carbonyl (C=O) groups is 1. The lowest BCUT2D eigenvalue weighted by Gasteiger charge is -2.22. The van der Waals surface area contributed by atoms with Crippen molar-refractivity contribution in [3.63, 3.8) is 0 Å². The van der Waals surface area contributed by atoms with Gasteiger partial charge in [0.15, 0.2) is 0 Å². The SMILES string of the molecule is Cc1n[nH]c(C)c1CNC(=O)[C@H](N)CC(C)(C)C.Cl. The van der Waals surface area contributed by atoms with E-state index in [0.717, 1.165) is 17.0 Å². The van der Waals surface area contributed by atoms with Crippen LogP contribution in [0.4, 0.5) is 0 Å². The first-order valence-electron chi connectivity index (χ1n) is 6.24. The number of rotatable bonds is 4. The number of nitrogens with one attached hydrogen (secondary N) is 2. The average Bonchev–Trinajstić information content (AvgIpc) is 2.53. The Bertz CT molecular complexity index is 403. The Balaban J connectivity index is 0.00000324. The van der Waals surface area contributed by atoms with Crippen molar-refractivity contribution in [1.82, 2.24) is 15.5 Å². The smallest absolute Gasteiger partial charge is 0.237 e. The zero-order chi connectivity index (χ0) is 13.9. The van der Waals surface area contributed by atoms with Gasteiger partial charge in [0.1, 0.15) is 0 Å². The molecule has 0 radical (unpaired) electrons. The highest BCUT2D eigenvalue weighted by molar-refractivity contribution is 5.85. The van der Waals surface area contributed by atoms with Gasteiger partial charge in [-0.25, -0.2) is 0 Å². The van der Waals surface area contributed by atoms with Crippen LogP contribution in [-0.4, -0.2) is 22.1 Å². The van der Waals surface area contributed by atoms with Crippen molar-refractivity contribution in [2.75, 3.05) is 0 Å². The van der Waals surface area contributed by atoms with E-state index in [9.17, 15) is 4.79 Å². The summed E-state index contributed by atoms with van der Waals surface area (Å²) >= 11 is 0. The molecule has 4 N–H and O–H groups in total. The van der Waals surface area contributed by atoms with Gasteiger partial charge in [-0.15, -0.1) is 12.4 Å². The summed E-state index contributed by atoms with van der Waals surface area (Å²) in [6.45, 7) is 10.6. The molecule has 1 heterocycles. The van der Waals surface area contributed by atoms with Crippen LogP contribution in [0.25, 0.3) is 0 Å². The van der Waals surface area contributed by atoms with Gasteiger partial charge in [-0.1, -0.05) is 20.8 Å². The van der Waals surface area contributed by atoms with Gasteiger partial charge >= 0.3 is 0 Å². The molecule has 1 aromatic heterocycles. The summed E-state index contributed by atoms with van der Waals surface area (Å²) < 4.78 is 0. The summed E-state index contributed by atoms with van der Waals surface area (Å²) in [6, 6.07) is -0.461. The number of nitrogens with two attached hydrogens (primary N) is 1. The lowest BCUT2D eigenvalue weighted by Crippen LogP contribution is -2.42. The zero-order valence-corrected chi connectivity index (χ0v) is 13.1. The third kappa shape index (κ3) is 5.61. The fraction of sp³-hybridized carbons (Fsp3) is 0.692. The van der Waals surface area contributed by atoms with Crippen LogP contribution in [0, 0.1) is 19.3 Å². The van der Waals surface area contributed by atoms with Gasteiger partial charge in [0, 0.05) is 17.8 Å². The van der Waals surface area contributed by atoms with Crippen LogP contribution in [0.15, 0.2) is 0 Å². The summed E-state index contributed by atoms with van der Waals surface area (Å²) in [6.07, 6.45) is 0.669. The molecule has 0 saturated heterocycles. The number of hydrogen-bond acceptors (Lipinski definition) is 3. The first-order valence-corrected chi connectivity index (χ1v) is 6.24. The molecular weight excluding hydrogens is 264 g/mol. The molecule has 0 aliphatic carbocycles. The molecule has 0 spiro atoms. The molecule has 0 unspecified atom stereocenters. The van der Waals surface area contributed by atoms with Crippen molar-refractivity contribution >= 4 is 18.3 Å². The van der Waals surface area contributed by atoms with E-state index in [-0.39, 0.29) is 23.7 Å². The van der Waals surface area contributed by atoms with Crippen LogP contribution in [0.3, 0.4) is 0 Å². The van der Waals surface area contributed by atoms with E-state index < -0.39 is 6.04 Å². The van der Waals surface area contributed by atoms with Crippen LogP contribution in [0.1, 0.15) is 44.1 Å². The lowest BCUT2D eigenvalue weighted by atomic mass is 9.88. The molecule has 0 saturated carbocycles. The van der Waals surface area contributed by atoms with Crippen molar-refractivity contribution < 1.29 is 4.79 Å². The predicted octanol–water partition coefficient (Wildman–Crippen LogP) is 1.83. The van der Waals surface area contributed by atoms with E-state index in [0.29, 0.717) is 13.0 Å². The quantitative estimate of drug-likeness (QED) is 0.790. The molecule has 0 aliphatic rings. The molecule has 6 heteroatoms. The third-order valence-corrected chi connectivity index (χ3v) is 2.89. The summed E-state index contributed by atoms with van der Waals surface area (Å²) in [5.41, 5.74) is 8.87. The Hall–Kier alpha value is -1.07. The van der Waals surface area contributed by atoms with Crippen molar-refractivity contribution in [2.45, 2.75) is 53.6 Å². The number of aromatic nitrogens is 2. The molecule has 0 aliphatic heterocycles. The Morgan fingerprint density at radius 2 is 2.00 bits per heavy atom. The Labute approximate surface area is 121 Å². The van der Waals surface area contributed by atoms with Crippen LogP contribution in [0.2, 0.25) is 0 Å². The lowest BCUT2D eigenvalue weighted by molar-refractivity contribution is -0.123. The van der Waals surface area contributed by atoms with Crippen LogP contribution >= 0.6 is 12.4 Å². The van der Waals surface area contributed by atoms with Gasteiger partial charge in [0.25, 0.3) is 0 Å². The van der Waals surface area contributed by atoms with E-state index in [1.807, 2.05) is 13.8 Å². The molecule has 0 fully saturated rings. The number of halogens is 1. The molecule has 1 aromatic rings. The number of hydrogen-bond donors (Lipinski definition) is 3. The number of amides is 1. The highest BCUT2D eigenvalue weighted by Crippen LogP contribution is 2.20. The minimum atomic E-state index is -0.461. The summed E-state index contributed by atoms with van der Waals surface area (Å²) in [7, 11) is 0. The zero-order valence-electron chi connectivity index (χ0n) is 12.3. The summed E-state index contributed by atoms with van der Waals surface area (Å²) in [5, 5.41) is 9.85. The van der Waals surface area contributed by atoms with Crippen molar-refractivity contribution in [2.24, 2.45) is 11.1 Å². The molecule has 1 amide bonds. The van der Waals surface area contributed by atoms with Crippen LogP contribution in [0.5, 0.6) is 0 Å². The van der Waals surface area contributed by atoms with Gasteiger partial charge in [-0.2, -0.15) is 5.10 Å². The second-order valence-electron chi connectivity index (χ2n) is 6.00. The van der Waals surface area contributed by atoms with Gasteiger partial charge < -0.3 is 11.1 Å². The fourth-order valence-corrected chi connectivity index (χ4v) is 1.89. The molecule has 110 valence electrons. The molecule has 0 aromatic carbocycles. The molecular formula is C13H25ClN4O. The first-order chi connectivity index (χ1) is 8.20. The number of nitrogens with zero attached hydrogens (tertiary/aromatic N) is 1. The second kappa shape index (κ2) is 6.91. The normalized spacial score (nSPS) is 12.7. The minimum absolute atomic E-state index is 0. The highest BCUT2D eigenvalue weighted by Gasteiger charge is 2.21. The maximum atomic E-state index is 11.9. The Kier molecular flexibility index (Phi) is 6.52. The van der Waals surface area contributed by atoms with E-state index >= 15 is 0 Å². The number of H-pyrrole nitrogens is 1. The maximum Gasteiger partial charge on any atom is 0.237 e. The van der Waals surface area contributed by atoms with Crippen LogP contribution in [-0.2, 0) is 11.3 Å². The van der Waals surface area contributed by atoms with Crippen LogP contribution < -0.4 is 11.1 Å². The van der Waals surface area contributed by atoms with E-state index in [2.05, 4.69) is 36.3 Å². The van der Waals surface area contributed by atoms with E-state index in [1.165, 1.54) is 0 Å². The number of aromatic amines is 1. The largest absolute Gasteiger partial charge is 0.351 e. The Morgan fingerprint density at radius 3 is 2.42 bits per heavy atom. The van der Waals surface area contributed by atoms with Gasteiger partial charge in [-0.3, -0.25) is 9.89 Å². The van der Waals surface area contributed by atoms with Gasteiger partial charge in [-0.05, 0) is 25.7 Å². The monoisotopic (exact) mass is 288 g/mol. The molecule has 19 heavy (non-hydrogen) atoms. The van der Waals surface area contributed by atoms with E-state index in [4.69, 9.17) is 5.73 Å². The summed E-state index contributed by atoms with van der Waals surface area (Å²) in [5.74, 6) is -0.107. The summed E-state index contributed by atoms with van der Waals surface area (Å²) in [4.78, 5) is 11.9. The Morgan fingerprint density at radius 1 is 1.42 bits per heavy atom. The number of aryl methyl sites for hydroxylation is 2.